The molecule has 206 valence electrons. The largest absolute Gasteiger partial charge is 0.508 e. The van der Waals surface area contributed by atoms with E-state index in [-0.39, 0.29) is 11.4 Å². The van der Waals surface area contributed by atoms with Crippen molar-refractivity contribution in [3.8, 4) is 5.75 Å². The Kier molecular flexibility index (Phi) is 8.82. The zero-order valence-corrected chi connectivity index (χ0v) is 23.5. The number of thioether (sulfide) groups is 2. The SMILES string of the molecule is COC(=O)C=C(C)NC(C(=O)NC1C(=O)N2C(C(=O)O)=C(CSc3nnc(C)s3)CS[C@@H]12)c1ccc(O)cc1. The lowest BCUT2D eigenvalue weighted by atomic mass is 10.0. The molecule has 0 bridgehead atoms. The number of methoxy groups -OCH3 is 1. The van der Waals surface area contributed by atoms with Crippen molar-refractivity contribution in [3.63, 3.8) is 0 Å². The molecule has 3 heterocycles. The Labute approximate surface area is 235 Å². The summed E-state index contributed by atoms with van der Waals surface area (Å²) in [6.45, 7) is 3.41. The van der Waals surface area contributed by atoms with Crippen molar-refractivity contribution in [2.45, 2.75) is 35.6 Å². The summed E-state index contributed by atoms with van der Waals surface area (Å²) in [5.74, 6) is -2.20. The van der Waals surface area contributed by atoms with E-state index in [4.69, 9.17) is 0 Å². The summed E-state index contributed by atoms with van der Waals surface area (Å²) in [6, 6.07) is 3.95. The molecule has 2 amide bonds. The Bertz CT molecular complexity index is 1360. The molecule has 4 rings (SSSR count). The van der Waals surface area contributed by atoms with Crippen LogP contribution in [0.15, 0.2) is 51.6 Å². The summed E-state index contributed by atoms with van der Waals surface area (Å²) in [7, 11) is 1.23. The fourth-order valence-corrected chi connectivity index (χ4v) is 7.29. The molecular formula is C24H25N5O7S3. The van der Waals surface area contributed by atoms with Crippen molar-refractivity contribution in [2.24, 2.45) is 0 Å². The highest BCUT2D eigenvalue weighted by Crippen LogP contribution is 2.42. The molecule has 0 spiro atoms. The number of carbonyl (C=O) groups excluding carboxylic acids is 3. The second-order valence-electron chi connectivity index (χ2n) is 8.55. The van der Waals surface area contributed by atoms with Crippen LogP contribution in [-0.4, -0.2) is 79.1 Å². The van der Waals surface area contributed by atoms with Gasteiger partial charge in [0.25, 0.3) is 5.91 Å². The van der Waals surface area contributed by atoms with E-state index in [0.717, 1.165) is 5.01 Å². The highest BCUT2D eigenvalue weighted by molar-refractivity contribution is 8.01. The number of rotatable bonds is 10. The topological polar surface area (TPSA) is 171 Å². The van der Waals surface area contributed by atoms with Gasteiger partial charge in [0.2, 0.25) is 5.91 Å². The second kappa shape index (κ2) is 12.1. The number of nitrogens with zero attached hydrogens (tertiary/aromatic N) is 3. The van der Waals surface area contributed by atoms with Gasteiger partial charge in [-0.25, -0.2) is 9.59 Å². The number of aromatic nitrogens is 2. The molecule has 2 aliphatic heterocycles. The van der Waals surface area contributed by atoms with E-state index in [2.05, 4.69) is 25.6 Å². The minimum absolute atomic E-state index is 0.00589. The van der Waals surface area contributed by atoms with Crippen LogP contribution in [0.4, 0.5) is 0 Å². The summed E-state index contributed by atoms with van der Waals surface area (Å²) >= 11 is 4.14. The molecule has 0 saturated carbocycles. The molecule has 1 fully saturated rings. The third kappa shape index (κ3) is 6.37. The van der Waals surface area contributed by atoms with E-state index in [1.165, 1.54) is 77.2 Å². The van der Waals surface area contributed by atoms with Crippen LogP contribution in [0.5, 0.6) is 5.75 Å². The Morgan fingerprint density at radius 3 is 2.62 bits per heavy atom. The number of aryl methyl sites for hydroxylation is 1. The molecule has 3 atom stereocenters. The van der Waals surface area contributed by atoms with Crippen molar-refractivity contribution in [1.82, 2.24) is 25.7 Å². The van der Waals surface area contributed by atoms with Crippen molar-refractivity contribution in [3.05, 3.63) is 57.9 Å². The van der Waals surface area contributed by atoms with Crippen LogP contribution in [0.25, 0.3) is 0 Å². The molecule has 12 nitrogen and oxygen atoms in total. The van der Waals surface area contributed by atoms with Crippen molar-refractivity contribution in [2.75, 3.05) is 18.6 Å². The first-order chi connectivity index (χ1) is 18.6. The number of amides is 2. The number of β-lactam (4-membered cyclic amide) rings is 1. The van der Waals surface area contributed by atoms with Crippen LogP contribution in [0, 0.1) is 6.92 Å². The number of carboxylic acids is 1. The van der Waals surface area contributed by atoms with Crippen LogP contribution >= 0.6 is 34.9 Å². The number of aromatic hydroxyl groups is 1. The van der Waals surface area contributed by atoms with E-state index in [0.29, 0.717) is 32.7 Å². The molecular weight excluding hydrogens is 566 g/mol. The predicted molar refractivity (Wildman–Crippen MR) is 145 cm³/mol. The summed E-state index contributed by atoms with van der Waals surface area (Å²) in [4.78, 5) is 51.5. The maximum absolute atomic E-state index is 13.4. The molecule has 2 aromatic rings. The number of hydrogen-bond donors (Lipinski definition) is 4. The van der Waals surface area contributed by atoms with Crippen LogP contribution in [0.3, 0.4) is 0 Å². The quantitative estimate of drug-likeness (QED) is 0.137. The molecule has 39 heavy (non-hydrogen) atoms. The third-order valence-electron chi connectivity index (χ3n) is 5.82. The number of fused-ring (bicyclic) bond motifs is 1. The average molecular weight is 592 g/mol. The normalized spacial score (nSPS) is 19.6. The van der Waals surface area contributed by atoms with Crippen molar-refractivity contribution in [1.29, 1.82) is 0 Å². The van der Waals surface area contributed by atoms with Gasteiger partial charge in [-0.1, -0.05) is 35.2 Å². The average Bonchev–Trinajstić information content (AvgIpc) is 3.33. The number of aliphatic carboxylic acids is 1. The summed E-state index contributed by atoms with van der Waals surface area (Å²) < 4.78 is 5.34. The van der Waals surface area contributed by atoms with Crippen LogP contribution in [0.2, 0.25) is 0 Å². The van der Waals surface area contributed by atoms with Crippen LogP contribution < -0.4 is 10.6 Å². The summed E-state index contributed by atoms with van der Waals surface area (Å²) in [6.07, 6.45) is 1.18. The first kappa shape index (κ1) is 28.4. The number of carbonyl (C=O) groups is 4. The lowest BCUT2D eigenvalue weighted by Gasteiger charge is -2.49. The van der Waals surface area contributed by atoms with E-state index >= 15 is 0 Å². The predicted octanol–water partition coefficient (Wildman–Crippen LogP) is 1.79. The van der Waals surface area contributed by atoms with Gasteiger partial charge in [0.1, 0.15) is 33.9 Å². The van der Waals surface area contributed by atoms with Gasteiger partial charge >= 0.3 is 11.9 Å². The molecule has 0 aliphatic carbocycles. The monoisotopic (exact) mass is 591 g/mol. The number of phenolic OH excluding ortho intramolecular Hbond substituents is 1. The third-order valence-corrected chi connectivity index (χ3v) is 9.22. The number of ether oxygens (including phenoxy) is 1. The van der Waals surface area contributed by atoms with Gasteiger partial charge in [-0.15, -0.1) is 22.0 Å². The standard InChI is InChI=1S/C24H25N5O7S3/c1-11(8-16(31)36-3)25-17(13-4-6-15(30)7-5-13)20(32)26-18-21(33)29-19(23(34)35)14(9-37-22(18)29)10-38-24-28-27-12(2)39-24/h4-8,17-18,22,25,30H,9-10H2,1-3H3,(H,26,32)(H,34,35)/t17?,18?,22-/m0/s1. The molecule has 4 N–H and O–H groups in total. The van der Waals surface area contributed by atoms with E-state index in [1.807, 2.05) is 6.92 Å². The van der Waals surface area contributed by atoms with E-state index < -0.39 is 41.2 Å². The highest BCUT2D eigenvalue weighted by Gasteiger charge is 2.54. The van der Waals surface area contributed by atoms with Crippen LogP contribution in [-0.2, 0) is 23.9 Å². The minimum atomic E-state index is -1.21. The fourth-order valence-electron chi connectivity index (χ4n) is 3.99. The number of allylic oxidation sites excluding steroid dienone is 1. The lowest BCUT2D eigenvalue weighted by Crippen LogP contribution is -2.71. The minimum Gasteiger partial charge on any atom is -0.508 e. The number of nitrogens with one attached hydrogen (secondary N) is 2. The zero-order chi connectivity index (χ0) is 28.3. The number of hydrogen-bond acceptors (Lipinski definition) is 12. The van der Waals surface area contributed by atoms with Crippen molar-refractivity contribution >= 4 is 58.6 Å². The number of benzene rings is 1. The summed E-state index contributed by atoms with van der Waals surface area (Å²) in [5.41, 5.74) is 1.33. The Morgan fingerprint density at radius 1 is 1.28 bits per heavy atom. The maximum atomic E-state index is 13.4. The molecule has 2 unspecified atom stereocenters. The smallest absolute Gasteiger partial charge is 0.352 e. The van der Waals surface area contributed by atoms with Crippen LogP contribution in [0.1, 0.15) is 23.5 Å². The first-order valence-electron chi connectivity index (χ1n) is 11.5. The first-order valence-corrected chi connectivity index (χ1v) is 14.4. The van der Waals surface area contributed by atoms with Gasteiger partial charge in [-0.2, -0.15) is 0 Å². The van der Waals surface area contributed by atoms with Gasteiger partial charge in [-0.3, -0.25) is 14.5 Å². The molecule has 1 saturated heterocycles. The Hall–Kier alpha value is -3.56. The Morgan fingerprint density at radius 2 is 2.00 bits per heavy atom. The second-order valence-corrected chi connectivity index (χ2v) is 12.1. The lowest BCUT2D eigenvalue weighted by molar-refractivity contribution is -0.151. The molecule has 0 radical (unpaired) electrons. The Balaban J connectivity index is 1.50. The van der Waals surface area contributed by atoms with Gasteiger partial charge < -0.3 is 25.6 Å². The maximum Gasteiger partial charge on any atom is 0.352 e. The zero-order valence-electron chi connectivity index (χ0n) is 21.0. The number of esters is 1. The summed E-state index contributed by atoms with van der Waals surface area (Å²) in [5, 5.41) is 33.5. The van der Waals surface area contributed by atoms with Gasteiger partial charge in [-0.05, 0) is 37.1 Å². The number of carboxylic acid groups (broad SMARTS) is 1. The fraction of sp³-hybridized carbons (Fsp3) is 0.333. The highest BCUT2D eigenvalue weighted by atomic mass is 32.2. The van der Waals surface area contributed by atoms with E-state index in [9.17, 15) is 29.4 Å². The molecule has 2 aliphatic rings. The molecule has 15 heteroatoms. The van der Waals surface area contributed by atoms with Gasteiger partial charge in [0, 0.05) is 23.3 Å². The van der Waals surface area contributed by atoms with Gasteiger partial charge in [0.05, 0.1) is 7.11 Å². The van der Waals surface area contributed by atoms with Crippen molar-refractivity contribution < 1.29 is 34.1 Å². The molecule has 1 aromatic heterocycles. The number of phenols is 1. The van der Waals surface area contributed by atoms with Gasteiger partial charge in [0.15, 0.2) is 4.34 Å². The molecule has 1 aromatic carbocycles. The van der Waals surface area contributed by atoms with E-state index in [1.54, 1.807) is 6.92 Å².